The maximum atomic E-state index is 13.0. The van der Waals surface area contributed by atoms with Crippen molar-refractivity contribution in [3.63, 3.8) is 0 Å². The van der Waals surface area contributed by atoms with E-state index in [1.807, 2.05) is 37.3 Å². The van der Waals surface area contributed by atoms with Gasteiger partial charge in [-0.2, -0.15) is 0 Å². The van der Waals surface area contributed by atoms with E-state index in [9.17, 15) is 9.90 Å². The maximum Gasteiger partial charge on any atom is 0.231 e. The lowest BCUT2D eigenvalue weighted by Crippen LogP contribution is -2.46. The van der Waals surface area contributed by atoms with Gasteiger partial charge in [-0.15, -0.1) is 0 Å². The number of fused-ring (bicyclic) bond motifs is 1. The summed E-state index contributed by atoms with van der Waals surface area (Å²) in [4.78, 5) is 17.7. The van der Waals surface area contributed by atoms with Gasteiger partial charge < -0.3 is 19.5 Å². The molecule has 6 nitrogen and oxygen atoms in total. The fourth-order valence-electron chi connectivity index (χ4n) is 4.45. The number of allylic oxidation sites excluding steroid dienone is 1. The highest BCUT2D eigenvalue weighted by Gasteiger charge is 2.32. The Bertz CT molecular complexity index is 1200. The van der Waals surface area contributed by atoms with Gasteiger partial charge in [-0.1, -0.05) is 30.3 Å². The smallest absolute Gasteiger partial charge is 0.231 e. The van der Waals surface area contributed by atoms with Crippen molar-refractivity contribution in [1.82, 2.24) is 4.90 Å². The van der Waals surface area contributed by atoms with Crippen molar-refractivity contribution >= 4 is 17.5 Å². The number of para-hydroxylation sites is 1. The predicted molar refractivity (Wildman–Crippen MR) is 133 cm³/mol. The number of aromatic hydroxyl groups is 1. The molecule has 0 amide bonds. The van der Waals surface area contributed by atoms with Gasteiger partial charge in [0.1, 0.15) is 17.2 Å². The Labute approximate surface area is 199 Å². The number of carbonyl (C=O) groups is 1. The number of phenols is 1. The molecule has 0 unspecified atom stereocenters. The van der Waals surface area contributed by atoms with Crippen LogP contribution < -0.4 is 14.4 Å². The van der Waals surface area contributed by atoms with Crippen LogP contribution in [0.5, 0.6) is 17.2 Å². The normalized spacial score (nSPS) is 17.0. The molecule has 2 aliphatic heterocycles. The van der Waals surface area contributed by atoms with Crippen molar-refractivity contribution in [3.05, 3.63) is 89.2 Å². The first-order valence-corrected chi connectivity index (χ1v) is 11.7. The highest BCUT2D eigenvalue weighted by atomic mass is 16.5. The quantitative estimate of drug-likeness (QED) is 0.541. The number of nitrogens with zero attached hydrogens (tertiary/aromatic N) is 2. The van der Waals surface area contributed by atoms with Crippen molar-refractivity contribution in [3.8, 4) is 17.2 Å². The van der Waals surface area contributed by atoms with E-state index in [1.54, 1.807) is 18.2 Å². The summed E-state index contributed by atoms with van der Waals surface area (Å²) in [5.41, 5.74) is 3.23. The van der Waals surface area contributed by atoms with E-state index >= 15 is 0 Å². The summed E-state index contributed by atoms with van der Waals surface area (Å²) in [5, 5.41) is 10.6. The number of hydrogen-bond acceptors (Lipinski definition) is 6. The number of anilines is 1. The summed E-state index contributed by atoms with van der Waals surface area (Å²) in [5.74, 6) is 1.50. The number of hydrogen-bond donors (Lipinski definition) is 1. The largest absolute Gasteiger partial charge is 0.507 e. The van der Waals surface area contributed by atoms with Crippen molar-refractivity contribution in [2.75, 3.05) is 37.7 Å². The lowest BCUT2D eigenvalue weighted by atomic mass is 10.0. The van der Waals surface area contributed by atoms with Crippen molar-refractivity contribution in [2.45, 2.75) is 13.5 Å². The maximum absolute atomic E-state index is 13.0. The van der Waals surface area contributed by atoms with E-state index < -0.39 is 0 Å². The first-order chi connectivity index (χ1) is 16.6. The molecule has 0 aromatic heterocycles. The lowest BCUT2D eigenvalue weighted by molar-refractivity contribution is 0.101. The lowest BCUT2D eigenvalue weighted by Gasteiger charge is -2.36. The Hall–Kier alpha value is -3.77. The van der Waals surface area contributed by atoms with Crippen LogP contribution in [0, 0.1) is 0 Å². The molecule has 1 fully saturated rings. The molecule has 3 aromatic rings. The van der Waals surface area contributed by atoms with E-state index in [0.717, 1.165) is 37.5 Å². The molecule has 5 rings (SSSR count). The van der Waals surface area contributed by atoms with Gasteiger partial charge in [0.2, 0.25) is 5.78 Å². The van der Waals surface area contributed by atoms with Gasteiger partial charge in [0, 0.05) is 38.4 Å². The van der Waals surface area contributed by atoms with Crippen LogP contribution in [0.1, 0.15) is 28.4 Å². The van der Waals surface area contributed by atoms with Gasteiger partial charge in [0.05, 0.1) is 17.7 Å². The van der Waals surface area contributed by atoms with Crippen molar-refractivity contribution < 1.29 is 19.4 Å². The summed E-state index contributed by atoms with van der Waals surface area (Å²) >= 11 is 0. The van der Waals surface area contributed by atoms with Crippen molar-refractivity contribution in [1.29, 1.82) is 0 Å². The van der Waals surface area contributed by atoms with Gasteiger partial charge in [0.15, 0.2) is 5.76 Å². The molecule has 0 aliphatic carbocycles. The molecule has 1 N–H and O–H groups in total. The predicted octanol–water partition coefficient (Wildman–Crippen LogP) is 4.73. The van der Waals surface area contributed by atoms with Crippen LogP contribution in [0.15, 0.2) is 72.5 Å². The van der Waals surface area contributed by atoms with Crippen LogP contribution in [-0.2, 0) is 6.54 Å². The third kappa shape index (κ3) is 4.50. The zero-order valence-electron chi connectivity index (χ0n) is 19.2. The van der Waals surface area contributed by atoms with Gasteiger partial charge in [-0.25, -0.2) is 0 Å². The molecule has 0 radical (unpaired) electrons. The second-order valence-electron chi connectivity index (χ2n) is 8.48. The molecule has 0 atom stereocenters. The monoisotopic (exact) mass is 456 g/mol. The second kappa shape index (κ2) is 9.61. The van der Waals surface area contributed by atoms with Crippen molar-refractivity contribution in [2.24, 2.45) is 0 Å². The molecular formula is C28H28N2O4. The molecule has 0 bridgehead atoms. The number of phenolic OH excluding ortho intramolecular Hbond substituents is 1. The van der Waals surface area contributed by atoms with Crippen LogP contribution in [0.25, 0.3) is 6.08 Å². The number of ketones is 1. The SMILES string of the molecule is CCOc1ccc(/C=C2\Oc3c(ccc(O)c3CN3CCN(c4ccccc4)CC3)C2=O)cc1. The molecule has 1 saturated heterocycles. The van der Waals surface area contributed by atoms with Gasteiger partial charge in [0.25, 0.3) is 0 Å². The fraction of sp³-hybridized carbons (Fsp3) is 0.250. The Morgan fingerprint density at radius 3 is 2.41 bits per heavy atom. The van der Waals surface area contributed by atoms with E-state index in [0.29, 0.717) is 30.0 Å². The molecule has 2 aliphatic rings. The minimum atomic E-state index is -0.168. The van der Waals surface area contributed by atoms with Crippen LogP contribution in [0.3, 0.4) is 0 Å². The average molecular weight is 457 g/mol. The van der Waals surface area contributed by atoms with Crippen LogP contribution in [0.4, 0.5) is 5.69 Å². The summed E-state index contributed by atoms with van der Waals surface area (Å²) in [6.07, 6.45) is 1.73. The standard InChI is InChI=1S/C28H28N2O4/c1-2-33-22-10-8-20(9-11-22)18-26-27(32)23-12-13-25(31)24(28(23)34-26)19-29-14-16-30(17-15-29)21-6-4-3-5-7-21/h3-13,18,31H,2,14-17,19H2,1H3/b26-18-. The number of piperazine rings is 1. The van der Waals surface area contributed by atoms with Crippen LogP contribution in [0.2, 0.25) is 0 Å². The highest BCUT2D eigenvalue weighted by molar-refractivity contribution is 6.15. The Morgan fingerprint density at radius 2 is 1.71 bits per heavy atom. The Kier molecular flexibility index (Phi) is 6.23. The number of Topliss-reactive ketones (excluding diaryl/α,β-unsaturated/α-hetero) is 1. The number of rotatable bonds is 6. The number of ether oxygens (including phenoxy) is 2. The Morgan fingerprint density at radius 1 is 0.971 bits per heavy atom. The third-order valence-electron chi connectivity index (χ3n) is 6.28. The molecule has 174 valence electrons. The Balaban J connectivity index is 1.31. The zero-order chi connectivity index (χ0) is 23.5. The minimum Gasteiger partial charge on any atom is -0.507 e. The summed E-state index contributed by atoms with van der Waals surface area (Å²) in [6, 6.07) is 21.1. The zero-order valence-corrected chi connectivity index (χ0v) is 19.2. The molecule has 34 heavy (non-hydrogen) atoms. The summed E-state index contributed by atoms with van der Waals surface area (Å²) in [7, 11) is 0. The average Bonchev–Trinajstić information content (AvgIpc) is 3.18. The molecule has 2 heterocycles. The van der Waals surface area contributed by atoms with Gasteiger partial charge >= 0.3 is 0 Å². The fourth-order valence-corrected chi connectivity index (χ4v) is 4.45. The summed E-state index contributed by atoms with van der Waals surface area (Å²) < 4.78 is 11.5. The van der Waals surface area contributed by atoms with E-state index in [2.05, 4.69) is 34.1 Å². The molecule has 6 heteroatoms. The van der Waals surface area contributed by atoms with Gasteiger partial charge in [-0.3, -0.25) is 9.69 Å². The van der Waals surface area contributed by atoms with E-state index in [-0.39, 0.29) is 17.3 Å². The number of carbonyl (C=O) groups excluding carboxylic acids is 1. The van der Waals surface area contributed by atoms with Crippen LogP contribution in [-0.4, -0.2) is 48.6 Å². The molecule has 3 aromatic carbocycles. The molecule has 0 spiro atoms. The molecule has 0 saturated carbocycles. The third-order valence-corrected chi connectivity index (χ3v) is 6.28. The molecular weight excluding hydrogens is 428 g/mol. The van der Waals surface area contributed by atoms with Gasteiger partial charge in [-0.05, 0) is 55.0 Å². The van der Waals surface area contributed by atoms with E-state index in [4.69, 9.17) is 9.47 Å². The summed E-state index contributed by atoms with van der Waals surface area (Å²) in [6.45, 7) is 6.60. The minimum absolute atomic E-state index is 0.152. The first-order valence-electron chi connectivity index (χ1n) is 11.7. The first kappa shape index (κ1) is 22.0. The topological polar surface area (TPSA) is 62.2 Å². The highest BCUT2D eigenvalue weighted by Crippen LogP contribution is 2.40. The number of benzene rings is 3. The van der Waals surface area contributed by atoms with Crippen LogP contribution >= 0.6 is 0 Å². The second-order valence-corrected chi connectivity index (χ2v) is 8.48. The van der Waals surface area contributed by atoms with E-state index in [1.165, 1.54) is 5.69 Å².